The lowest BCUT2D eigenvalue weighted by Crippen LogP contribution is -2.45. The maximum Gasteiger partial charge on any atom is 0.254 e. The third kappa shape index (κ3) is 4.74. The molecule has 6 heteroatoms. The summed E-state index contributed by atoms with van der Waals surface area (Å²) in [5, 5.41) is 5.77. The largest absolute Gasteiger partial charge is 0.398 e. The lowest BCUT2D eigenvalue weighted by molar-refractivity contribution is -0.122. The van der Waals surface area contributed by atoms with Crippen LogP contribution in [-0.2, 0) is 4.79 Å². The second kappa shape index (κ2) is 7.14. The predicted octanol–water partition coefficient (Wildman–Crippen LogP) is 1.81. The third-order valence-electron chi connectivity index (χ3n) is 2.69. The first-order chi connectivity index (χ1) is 9.31. The van der Waals surface area contributed by atoms with Gasteiger partial charge < -0.3 is 16.4 Å². The van der Waals surface area contributed by atoms with Gasteiger partial charge in [0.2, 0.25) is 5.91 Å². The quantitative estimate of drug-likeness (QED) is 0.725. The van der Waals surface area contributed by atoms with Crippen LogP contribution in [0.25, 0.3) is 0 Å². The van der Waals surface area contributed by atoms with Crippen molar-refractivity contribution in [2.24, 2.45) is 5.92 Å². The molecule has 0 radical (unpaired) electrons. The van der Waals surface area contributed by atoms with E-state index >= 15 is 0 Å². The topological polar surface area (TPSA) is 84.2 Å². The number of carbonyl (C=O) groups excluding carboxylic acids is 2. The molecule has 1 aromatic rings. The summed E-state index contributed by atoms with van der Waals surface area (Å²) >= 11 is 5.83. The van der Waals surface area contributed by atoms with Crippen molar-refractivity contribution in [2.45, 2.75) is 26.8 Å². The Bertz CT molecular complexity index is 503. The molecule has 0 bridgehead atoms. The van der Waals surface area contributed by atoms with Gasteiger partial charge in [0.05, 0.1) is 5.56 Å². The molecule has 4 N–H and O–H groups in total. The molecule has 0 fully saturated rings. The highest BCUT2D eigenvalue weighted by molar-refractivity contribution is 6.31. The molecule has 1 unspecified atom stereocenters. The van der Waals surface area contributed by atoms with Crippen LogP contribution in [0.4, 0.5) is 5.69 Å². The second-order valence-electron chi connectivity index (χ2n) is 5.07. The molecule has 0 aromatic heterocycles. The molecule has 2 amide bonds. The van der Waals surface area contributed by atoms with Crippen molar-refractivity contribution in [2.75, 3.05) is 12.3 Å². The van der Waals surface area contributed by atoms with Crippen LogP contribution in [0.15, 0.2) is 18.2 Å². The Balaban J connectivity index is 2.65. The van der Waals surface area contributed by atoms with E-state index in [-0.39, 0.29) is 11.5 Å². The van der Waals surface area contributed by atoms with Gasteiger partial charge in [-0.15, -0.1) is 0 Å². The highest BCUT2D eigenvalue weighted by Crippen LogP contribution is 2.17. The van der Waals surface area contributed by atoms with E-state index in [4.69, 9.17) is 17.3 Å². The van der Waals surface area contributed by atoms with E-state index in [0.29, 0.717) is 23.2 Å². The number of nitrogens with one attached hydrogen (secondary N) is 2. The Morgan fingerprint density at radius 2 is 1.95 bits per heavy atom. The number of carbonyl (C=O) groups is 2. The lowest BCUT2D eigenvalue weighted by atomic mass is 10.1. The normalized spacial score (nSPS) is 12.1. The third-order valence-corrected chi connectivity index (χ3v) is 2.92. The highest BCUT2D eigenvalue weighted by Gasteiger charge is 2.18. The van der Waals surface area contributed by atoms with E-state index < -0.39 is 11.9 Å². The number of benzene rings is 1. The van der Waals surface area contributed by atoms with Crippen LogP contribution in [0.5, 0.6) is 0 Å². The Kier molecular flexibility index (Phi) is 5.82. The van der Waals surface area contributed by atoms with Gasteiger partial charge >= 0.3 is 0 Å². The number of nitrogens with two attached hydrogens (primary N) is 1. The van der Waals surface area contributed by atoms with Crippen LogP contribution in [-0.4, -0.2) is 24.4 Å². The Labute approximate surface area is 123 Å². The van der Waals surface area contributed by atoms with Crippen molar-refractivity contribution in [3.63, 3.8) is 0 Å². The van der Waals surface area contributed by atoms with Crippen molar-refractivity contribution in [3.05, 3.63) is 28.8 Å². The number of hydrogen-bond donors (Lipinski definition) is 3. The van der Waals surface area contributed by atoms with Crippen molar-refractivity contribution in [1.29, 1.82) is 0 Å². The van der Waals surface area contributed by atoms with E-state index in [9.17, 15) is 9.59 Å². The maximum atomic E-state index is 12.0. The van der Waals surface area contributed by atoms with E-state index in [1.54, 1.807) is 19.1 Å². The van der Waals surface area contributed by atoms with Crippen LogP contribution in [0.2, 0.25) is 5.02 Å². The van der Waals surface area contributed by atoms with Crippen LogP contribution >= 0.6 is 11.6 Å². The molecular formula is C14H20ClN3O2. The van der Waals surface area contributed by atoms with Gasteiger partial charge in [-0.2, -0.15) is 0 Å². The van der Waals surface area contributed by atoms with Gasteiger partial charge in [0.15, 0.2) is 0 Å². The average Bonchev–Trinajstić information content (AvgIpc) is 2.38. The SMILES string of the molecule is CC(C)CNC(=O)C(C)NC(=O)c1cc(Cl)ccc1N. The molecule has 0 aliphatic rings. The summed E-state index contributed by atoms with van der Waals surface area (Å²) in [5.41, 5.74) is 6.31. The molecule has 1 rings (SSSR count). The van der Waals surface area contributed by atoms with Crippen LogP contribution in [0, 0.1) is 5.92 Å². The summed E-state index contributed by atoms with van der Waals surface area (Å²) in [7, 11) is 0. The molecular weight excluding hydrogens is 278 g/mol. The molecule has 0 heterocycles. The van der Waals surface area contributed by atoms with Crippen LogP contribution in [0.1, 0.15) is 31.1 Å². The summed E-state index contributed by atoms with van der Waals surface area (Å²) in [4.78, 5) is 23.8. The Hall–Kier alpha value is -1.75. The first-order valence-electron chi connectivity index (χ1n) is 6.45. The summed E-state index contributed by atoms with van der Waals surface area (Å²) in [6.07, 6.45) is 0. The molecule has 0 aliphatic heterocycles. The zero-order valence-corrected chi connectivity index (χ0v) is 12.6. The number of hydrogen-bond acceptors (Lipinski definition) is 3. The fourth-order valence-corrected chi connectivity index (χ4v) is 1.69. The molecule has 20 heavy (non-hydrogen) atoms. The minimum atomic E-state index is -0.639. The molecule has 0 aliphatic carbocycles. The van der Waals surface area contributed by atoms with E-state index in [1.807, 2.05) is 13.8 Å². The minimum absolute atomic E-state index is 0.229. The number of nitrogen functional groups attached to an aromatic ring is 1. The summed E-state index contributed by atoms with van der Waals surface area (Å²) in [5.74, 6) is -0.296. The van der Waals surface area contributed by atoms with E-state index in [2.05, 4.69) is 10.6 Å². The van der Waals surface area contributed by atoms with Gasteiger partial charge in [0.1, 0.15) is 6.04 Å². The van der Waals surface area contributed by atoms with Crippen molar-refractivity contribution >= 4 is 29.1 Å². The van der Waals surface area contributed by atoms with Gasteiger partial charge in [-0.25, -0.2) is 0 Å². The highest BCUT2D eigenvalue weighted by atomic mass is 35.5. The number of anilines is 1. The van der Waals surface area contributed by atoms with Gasteiger partial charge in [-0.05, 0) is 31.0 Å². The second-order valence-corrected chi connectivity index (χ2v) is 5.50. The monoisotopic (exact) mass is 297 g/mol. The van der Waals surface area contributed by atoms with Crippen molar-refractivity contribution < 1.29 is 9.59 Å². The molecule has 0 spiro atoms. The Morgan fingerprint density at radius 3 is 2.55 bits per heavy atom. The predicted molar refractivity (Wildman–Crippen MR) is 80.6 cm³/mol. The van der Waals surface area contributed by atoms with Crippen LogP contribution < -0.4 is 16.4 Å². The van der Waals surface area contributed by atoms with Crippen molar-refractivity contribution in [3.8, 4) is 0 Å². The fourth-order valence-electron chi connectivity index (χ4n) is 1.52. The summed E-state index contributed by atoms with van der Waals surface area (Å²) in [6.45, 7) is 6.18. The van der Waals surface area contributed by atoms with E-state index in [0.717, 1.165) is 0 Å². The molecule has 0 saturated heterocycles. The average molecular weight is 298 g/mol. The van der Waals surface area contributed by atoms with Gasteiger partial charge in [0, 0.05) is 17.3 Å². The standard InChI is InChI=1S/C14H20ClN3O2/c1-8(2)7-17-13(19)9(3)18-14(20)11-6-10(15)4-5-12(11)16/h4-6,8-9H,7,16H2,1-3H3,(H,17,19)(H,18,20). The maximum absolute atomic E-state index is 12.0. The molecule has 0 saturated carbocycles. The fraction of sp³-hybridized carbons (Fsp3) is 0.429. The first kappa shape index (κ1) is 16.3. The van der Waals surface area contributed by atoms with Gasteiger partial charge in [-0.1, -0.05) is 25.4 Å². The molecule has 1 aromatic carbocycles. The Morgan fingerprint density at radius 1 is 1.30 bits per heavy atom. The van der Waals surface area contributed by atoms with Gasteiger partial charge in [0.25, 0.3) is 5.91 Å². The summed E-state index contributed by atoms with van der Waals surface area (Å²) < 4.78 is 0. The zero-order valence-electron chi connectivity index (χ0n) is 11.9. The lowest BCUT2D eigenvalue weighted by Gasteiger charge is -2.16. The number of rotatable bonds is 5. The first-order valence-corrected chi connectivity index (χ1v) is 6.82. The summed E-state index contributed by atoms with van der Waals surface area (Å²) in [6, 6.07) is 4.00. The molecule has 110 valence electrons. The molecule has 5 nitrogen and oxygen atoms in total. The van der Waals surface area contributed by atoms with Crippen LogP contribution in [0.3, 0.4) is 0 Å². The number of amides is 2. The van der Waals surface area contributed by atoms with Gasteiger partial charge in [-0.3, -0.25) is 9.59 Å². The number of halogens is 1. The zero-order chi connectivity index (χ0) is 15.3. The van der Waals surface area contributed by atoms with E-state index in [1.165, 1.54) is 6.07 Å². The molecule has 1 atom stereocenters. The smallest absolute Gasteiger partial charge is 0.254 e. The van der Waals surface area contributed by atoms with Crippen molar-refractivity contribution in [1.82, 2.24) is 10.6 Å². The minimum Gasteiger partial charge on any atom is -0.398 e.